The topological polar surface area (TPSA) is 63.2 Å². The Morgan fingerprint density at radius 1 is 0.636 bits per heavy atom. The molecule has 8 heteroatoms. The average Bonchev–Trinajstić information content (AvgIpc) is 3.04. The molecule has 0 N–H and O–H groups in total. The number of hydrogen-bond acceptors (Lipinski definition) is 7. The first-order chi connectivity index (χ1) is 21.4. The summed E-state index contributed by atoms with van der Waals surface area (Å²) in [4.78, 5) is 14.8. The van der Waals surface area contributed by atoms with Crippen molar-refractivity contribution in [2.45, 2.75) is 74.2 Å². The third-order valence-corrected chi connectivity index (χ3v) is 9.14. The lowest BCUT2D eigenvalue weighted by Gasteiger charge is -2.46. The summed E-state index contributed by atoms with van der Waals surface area (Å²) < 4.78 is 32.6. The Morgan fingerprint density at radius 3 is 1.59 bits per heavy atom. The van der Waals surface area contributed by atoms with Gasteiger partial charge in [-0.1, -0.05) is 121 Å². The molecular weight excluding hydrogens is 589 g/mol. The number of thioether (sulfide) groups is 1. The molecule has 6 nitrogen and oxygen atoms in total. The first-order valence-corrected chi connectivity index (χ1v) is 19.2. The summed E-state index contributed by atoms with van der Waals surface area (Å²) in [5.74, 6) is -0.481. The largest absolute Gasteiger partial charge is 0.459 e. The zero-order chi connectivity index (χ0) is 30.8. The molecule has 0 amide bonds. The lowest BCUT2D eigenvalue weighted by Crippen LogP contribution is -2.63. The molecule has 5 rings (SSSR count). The van der Waals surface area contributed by atoms with Gasteiger partial charge in [0.05, 0.1) is 13.2 Å². The predicted molar refractivity (Wildman–Crippen MR) is 175 cm³/mol. The second-order valence-corrected chi connectivity index (χ2v) is 17.3. The summed E-state index contributed by atoms with van der Waals surface area (Å²) >= 11 is 1.51. The number of rotatable bonds is 13. The Labute approximate surface area is 265 Å². The standard InChI is InChI=1S/C36H40O6SSi/c1-44(2,3)42-32-31(38-24-27-16-8-4-9-17-27)34(39-25-28-18-10-5-11-19-28)36(43-30-22-14-7-15-23-30)41-33(32)35(37)40-26-29-20-12-6-13-21-29/h4-23,31-34,36H,24-26H2,1-3H3/t31-,32+,33-,34+,36-/m0/s1. The summed E-state index contributed by atoms with van der Waals surface area (Å²) in [6, 6.07) is 39.6. The number of esters is 1. The quantitative estimate of drug-likeness (QED) is 0.111. The lowest BCUT2D eigenvalue weighted by molar-refractivity contribution is -0.233. The number of ether oxygens (including phenoxy) is 4. The number of carbonyl (C=O) groups is 1. The van der Waals surface area contributed by atoms with Gasteiger partial charge < -0.3 is 23.4 Å². The third kappa shape index (κ3) is 9.38. The maximum Gasteiger partial charge on any atom is 0.338 e. The number of benzene rings is 4. The Kier molecular flexibility index (Phi) is 11.4. The summed E-state index contributed by atoms with van der Waals surface area (Å²) in [5.41, 5.74) is 2.38. The molecule has 0 saturated carbocycles. The molecule has 1 fully saturated rings. The van der Waals surface area contributed by atoms with Crippen LogP contribution in [0.15, 0.2) is 126 Å². The minimum absolute atomic E-state index is 0.138. The van der Waals surface area contributed by atoms with Crippen LogP contribution in [0.2, 0.25) is 19.6 Å². The van der Waals surface area contributed by atoms with Crippen molar-refractivity contribution < 1.29 is 28.2 Å². The Hall–Kier alpha value is -3.24. The van der Waals surface area contributed by atoms with Crippen LogP contribution in [0.25, 0.3) is 0 Å². The molecule has 1 aliphatic heterocycles. The molecule has 1 heterocycles. The maximum absolute atomic E-state index is 13.9. The molecule has 0 aliphatic carbocycles. The van der Waals surface area contributed by atoms with Gasteiger partial charge >= 0.3 is 5.97 Å². The van der Waals surface area contributed by atoms with Crippen LogP contribution in [0.1, 0.15) is 16.7 Å². The Bertz CT molecular complexity index is 1420. The van der Waals surface area contributed by atoms with E-state index in [1.165, 1.54) is 11.8 Å². The molecule has 230 valence electrons. The van der Waals surface area contributed by atoms with Crippen molar-refractivity contribution in [3.05, 3.63) is 138 Å². The molecule has 0 radical (unpaired) electrons. The van der Waals surface area contributed by atoms with Crippen molar-refractivity contribution in [1.82, 2.24) is 0 Å². The van der Waals surface area contributed by atoms with Crippen LogP contribution in [-0.4, -0.2) is 44.1 Å². The fraction of sp³-hybridized carbons (Fsp3) is 0.306. The van der Waals surface area contributed by atoms with Gasteiger partial charge in [-0.2, -0.15) is 0 Å². The van der Waals surface area contributed by atoms with E-state index >= 15 is 0 Å². The van der Waals surface area contributed by atoms with Gasteiger partial charge in [0.15, 0.2) is 14.4 Å². The second kappa shape index (κ2) is 15.7. The van der Waals surface area contributed by atoms with Crippen LogP contribution >= 0.6 is 11.8 Å². The van der Waals surface area contributed by atoms with Crippen molar-refractivity contribution >= 4 is 26.0 Å². The molecule has 0 bridgehead atoms. The van der Waals surface area contributed by atoms with Gasteiger partial charge in [-0.3, -0.25) is 0 Å². The Morgan fingerprint density at radius 2 is 1.09 bits per heavy atom. The van der Waals surface area contributed by atoms with Gasteiger partial charge in [-0.25, -0.2) is 4.79 Å². The van der Waals surface area contributed by atoms with Gasteiger partial charge in [0.2, 0.25) is 0 Å². The predicted octanol–water partition coefficient (Wildman–Crippen LogP) is 7.64. The van der Waals surface area contributed by atoms with Crippen LogP contribution in [0.4, 0.5) is 0 Å². The van der Waals surface area contributed by atoms with Gasteiger partial charge in [0.25, 0.3) is 0 Å². The SMILES string of the molecule is C[Si](C)(C)O[C@@H]1[C@H](OCc2ccccc2)[C@@H](OCc2ccccc2)[C@H](Sc2ccccc2)O[C@@H]1C(=O)OCc1ccccc1. The molecule has 44 heavy (non-hydrogen) atoms. The van der Waals surface area contributed by atoms with Crippen LogP contribution in [0.5, 0.6) is 0 Å². The smallest absolute Gasteiger partial charge is 0.338 e. The minimum Gasteiger partial charge on any atom is -0.459 e. The van der Waals surface area contributed by atoms with Gasteiger partial charge in [0.1, 0.15) is 30.4 Å². The zero-order valence-corrected chi connectivity index (χ0v) is 27.2. The summed E-state index contributed by atoms with van der Waals surface area (Å²) in [6.45, 7) is 7.11. The van der Waals surface area contributed by atoms with Crippen molar-refractivity contribution in [3.63, 3.8) is 0 Å². The first kappa shape index (κ1) is 32.2. The van der Waals surface area contributed by atoms with Crippen LogP contribution < -0.4 is 0 Å². The normalized spacial score (nSPS) is 21.9. The van der Waals surface area contributed by atoms with E-state index in [-0.39, 0.29) is 6.61 Å². The van der Waals surface area contributed by atoms with Crippen LogP contribution in [0, 0.1) is 0 Å². The number of carbonyl (C=O) groups excluding carboxylic acids is 1. The molecular formula is C36H40O6SSi. The monoisotopic (exact) mass is 628 g/mol. The minimum atomic E-state index is -2.21. The molecule has 4 aromatic carbocycles. The molecule has 0 aromatic heterocycles. The van der Waals surface area contributed by atoms with Gasteiger partial charge in [-0.05, 0) is 48.5 Å². The van der Waals surface area contributed by atoms with E-state index < -0.39 is 44.1 Å². The molecule has 0 spiro atoms. The fourth-order valence-corrected chi connectivity index (χ4v) is 7.18. The molecule has 5 atom stereocenters. The second-order valence-electron chi connectivity index (χ2n) is 11.7. The van der Waals surface area contributed by atoms with E-state index in [4.69, 9.17) is 23.4 Å². The van der Waals surface area contributed by atoms with E-state index in [1.807, 2.05) is 121 Å². The molecule has 1 aliphatic rings. The van der Waals surface area contributed by atoms with Gasteiger partial charge in [0, 0.05) is 4.90 Å². The van der Waals surface area contributed by atoms with E-state index in [1.54, 1.807) is 0 Å². The molecule has 0 unspecified atom stereocenters. The molecule has 4 aromatic rings. The number of hydrogen-bond donors (Lipinski definition) is 0. The van der Waals surface area contributed by atoms with Crippen molar-refractivity contribution in [1.29, 1.82) is 0 Å². The highest BCUT2D eigenvalue weighted by molar-refractivity contribution is 7.99. The van der Waals surface area contributed by atoms with Gasteiger partial charge in [-0.15, -0.1) is 0 Å². The highest BCUT2D eigenvalue weighted by atomic mass is 32.2. The summed E-state index contributed by atoms with van der Waals surface area (Å²) in [7, 11) is -2.21. The first-order valence-electron chi connectivity index (χ1n) is 14.9. The van der Waals surface area contributed by atoms with E-state index in [0.717, 1.165) is 21.6 Å². The highest BCUT2D eigenvalue weighted by Crippen LogP contribution is 2.39. The zero-order valence-electron chi connectivity index (χ0n) is 25.4. The average molecular weight is 629 g/mol. The van der Waals surface area contributed by atoms with Crippen molar-refractivity contribution in [3.8, 4) is 0 Å². The van der Waals surface area contributed by atoms with Crippen LogP contribution in [-0.2, 0) is 48.0 Å². The summed E-state index contributed by atoms with van der Waals surface area (Å²) in [6.07, 6.45) is -2.91. The van der Waals surface area contributed by atoms with E-state index in [2.05, 4.69) is 19.6 Å². The fourth-order valence-electron chi connectivity index (χ4n) is 4.98. The third-order valence-electron chi connectivity index (χ3n) is 7.01. The van der Waals surface area contributed by atoms with Crippen molar-refractivity contribution in [2.75, 3.05) is 0 Å². The Balaban J connectivity index is 1.49. The highest BCUT2D eigenvalue weighted by Gasteiger charge is 2.52. The molecule has 1 saturated heterocycles. The van der Waals surface area contributed by atoms with E-state index in [0.29, 0.717) is 13.2 Å². The van der Waals surface area contributed by atoms with Crippen molar-refractivity contribution in [2.24, 2.45) is 0 Å². The maximum atomic E-state index is 13.9. The summed E-state index contributed by atoms with van der Waals surface area (Å²) in [5, 5.41) is 0. The van der Waals surface area contributed by atoms with E-state index in [9.17, 15) is 4.79 Å². The lowest BCUT2D eigenvalue weighted by atomic mass is 9.99. The van der Waals surface area contributed by atoms with Crippen LogP contribution in [0.3, 0.4) is 0 Å².